The zero-order chi connectivity index (χ0) is 18.0. The highest BCUT2D eigenvalue weighted by molar-refractivity contribution is 6.04. The van der Waals surface area contributed by atoms with Crippen molar-refractivity contribution < 1.29 is 9.59 Å². The van der Waals surface area contributed by atoms with E-state index in [1.165, 1.54) is 6.08 Å². The van der Waals surface area contributed by atoms with Gasteiger partial charge >= 0.3 is 0 Å². The maximum atomic E-state index is 12.1. The molecule has 2 aromatic heterocycles. The summed E-state index contributed by atoms with van der Waals surface area (Å²) in [5.74, 6) is 0.608. The van der Waals surface area contributed by atoms with Crippen LogP contribution < -0.4 is 10.6 Å². The first-order valence-corrected chi connectivity index (χ1v) is 8.33. The first kappa shape index (κ1) is 16.9. The summed E-state index contributed by atoms with van der Waals surface area (Å²) in [5, 5.41) is 6.10. The fourth-order valence-electron chi connectivity index (χ4n) is 3.04. The SMILES string of the molecule is C=CC(=O)N1C[C@@H](C)[C@@H](Nc2cnc3[nH]cc(C(=O)NCC)c3n2)C1. The van der Waals surface area contributed by atoms with Crippen LogP contribution in [0.3, 0.4) is 0 Å². The van der Waals surface area contributed by atoms with Crippen LogP contribution in [0.15, 0.2) is 25.0 Å². The van der Waals surface area contributed by atoms with Gasteiger partial charge in [-0.25, -0.2) is 9.97 Å². The van der Waals surface area contributed by atoms with Gasteiger partial charge in [-0.05, 0) is 18.9 Å². The van der Waals surface area contributed by atoms with E-state index in [1.807, 2.05) is 6.92 Å². The molecule has 0 unspecified atom stereocenters. The van der Waals surface area contributed by atoms with Gasteiger partial charge < -0.3 is 20.5 Å². The van der Waals surface area contributed by atoms with Crippen LogP contribution in [0.4, 0.5) is 5.82 Å². The van der Waals surface area contributed by atoms with E-state index in [0.29, 0.717) is 42.2 Å². The first-order chi connectivity index (χ1) is 12.0. The van der Waals surface area contributed by atoms with Gasteiger partial charge in [-0.2, -0.15) is 0 Å². The van der Waals surface area contributed by atoms with E-state index in [4.69, 9.17) is 0 Å². The normalized spacial score (nSPS) is 19.8. The van der Waals surface area contributed by atoms with E-state index in [0.717, 1.165) is 0 Å². The summed E-state index contributed by atoms with van der Waals surface area (Å²) in [6, 6.07) is 0.0718. The number of carbonyl (C=O) groups is 2. The van der Waals surface area contributed by atoms with Gasteiger partial charge in [0.1, 0.15) is 11.3 Å². The van der Waals surface area contributed by atoms with E-state index in [2.05, 4.69) is 39.1 Å². The summed E-state index contributed by atoms with van der Waals surface area (Å²) in [6.07, 6.45) is 4.58. The molecule has 2 atom stereocenters. The highest BCUT2D eigenvalue weighted by Gasteiger charge is 2.31. The summed E-state index contributed by atoms with van der Waals surface area (Å²) in [4.78, 5) is 37.5. The van der Waals surface area contributed by atoms with Crippen LogP contribution in [-0.2, 0) is 4.79 Å². The van der Waals surface area contributed by atoms with Crippen LogP contribution in [0.25, 0.3) is 11.2 Å². The summed E-state index contributed by atoms with van der Waals surface area (Å²) in [7, 11) is 0. The topological polar surface area (TPSA) is 103 Å². The quantitative estimate of drug-likeness (QED) is 0.708. The zero-order valence-corrected chi connectivity index (χ0v) is 14.4. The van der Waals surface area contributed by atoms with Crippen molar-refractivity contribution in [1.82, 2.24) is 25.2 Å². The number of carbonyl (C=O) groups excluding carboxylic acids is 2. The molecule has 0 spiro atoms. The van der Waals surface area contributed by atoms with Gasteiger partial charge in [0.25, 0.3) is 5.91 Å². The maximum absolute atomic E-state index is 12.1. The Bertz CT molecular complexity index is 815. The van der Waals surface area contributed by atoms with Crippen LogP contribution in [0, 0.1) is 5.92 Å². The molecule has 2 amide bonds. The average molecular weight is 342 g/mol. The van der Waals surface area contributed by atoms with Crippen molar-refractivity contribution >= 4 is 28.8 Å². The molecular weight excluding hydrogens is 320 g/mol. The van der Waals surface area contributed by atoms with Gasteiger partial charge in [-0.1, -0.05) is 13.5 Å². The molecule has 3 rings (SSSR count). The van der Waals surface area contributed by atoms with E-state index in [-0.39, 0.29) is 23.8 Å². The molecule has 25 heavy (non-hydrogen) atoms. The molecule has 0 aliphatic carbocycles. The largest absolute Gasteiger partial charge is 0.364 e. The number of aromatic nitrogens is 3. The number of hydrogen-bond acceptors (Lipinski definition) is 5. The average Bonchev–Trinajstić information content (AvgIpc) is 3.18. The number of nitrogens with zero attached hydrogens (tertiary/aromatic N) is 3. The standard InChI is InChI=1S/C17H22N6O2/c1-4-14(24)23-8-10(3)12(9-23)21-13-7-20-16-15(22-13)11(6-19-16)17(25)18-5-2/h4,6-7,10,12H,1,5,8-9H2,2-3H3,(H,18,25)(H,19,20)(H,21,22)/t10-,12+/m1/s1. The highest BCUT2D eigenvalue weighted by atomic mass is 16.2. The molecule has 1 saturated heterocycles. The van der Waals surface area contributed by atoms with Gasteiger partial charge in [0.05, 0.1) is 11.8 Å². The Kier molecular flexibility index (Phi) is 4.69. The number of aromatic amines is 1. The van der Waals surface area contributed by atoms with Crippen molar-refractivity contribution in [3.05, 3.63) is 30.6 Å². The number of hydrogen-bond donors (Lipinski definition) is 3. The smallest absolute Gasteiger partial charge is 0.255 e. The van der Waals surface area contributed by atoms with E-state index in [1.54, 1.807) is 17.3 Å². The van der Waals surface area contributed by atoms with Crippen molar-refractivity contribution in [3.8, 4) is 0 Å². The number of fused-ring (bicyclic) bond motifs is 1. The highest BCUT2D eigenvalue weighted by Crippen LogP contribution is 2.22. The predicted octanol–water partition coefficient (Wildman–Crippen LogP) is 1.15. The molecule has 132 valence electrons. The molecule has 8 nitrogen and oxygen atoms in total. The Morgan fingerprint density at radius 2 is 2.28 bits per heavy atom. The molecule has 1 fully saturated rings. The van der Waals surface area contributed by atoms with Crippen molar-refractivity contribution in [2.45, 2.75) is 19.9 Å². The lowest BCUT2D eigenvalue weighted by Gasteiger charge is -2.17. The third-order valence-corrected chi connectivity index (χ3v) is 4.39. The van der Waals surface area contributed by atoms with Gasteiger partial charge in [0, 0.05) is 31.9 Å². The van der Waals surface area contributed by atoms with Gasteiger partial charge in [-0.3, -0.25) is 9.59 Å². The number of H-pyrrole nitrogens is 1. The molecule has 1 aliphatic rings. The molecule has 0 bridgehead atoms. The van der Waals surface area contributed by atoms with Crippen molar-refractivity contribution in [1.29, 1.82) is 0 Å². The predicted molar refractivity (Wildman–Crippen MR) is 95.2 cm³/mol. The molecule has 2 aromatic rings. The summed E-state index contributed by atoms with van der Waals surface area (Å²) in [6.45, 7) is 9.28. The zero-order valence-electron chi connectivity index (χ0n) is 14.4. The molecule has 1 aliphatic heterocycles. The Morgan fingerprint density at radius 3 is 3.00 bits per heavy atom. The van der Waals surface area contributed by atoms with E-state index < -0.39 is 0 Å². The first-order valence-electron chi connectivity index (χ1n) is 8.33. The number of rotatable bonds is 5. The monoisotopic (exact) mass is 342 g/mol. The summed E-state index contributed by atoms with van der Waals surface area (Å²) in [5.41, 5.74) is 1.56. The van der Waals surface area contributed by atoms with Crippen LogP contribution in [0.1, 0.15) is 24.2 Å². The van der Waals surface area contributed by atoms with Gasteiger partial charge in [0.2, 0.25) is 5.91 Å². The van der Waals surface area contributed by atoms with Crippen molar-refractivity contribution in [3.63, 3.8) is 0 Å². The third kappa shape index (κ3) is 3.33. The Labute approximate surface area is 145 Å². The lowest BCUT2D eigenvalue weighted by Crippen LogP contribution is -2.31. The molecule has 0 aromatic carbocycles. The van der Waals surface area contributed by atoms with Crippen LogP contribution in [-0.4, -0.2) is 57.3 Å². The molecule has 0 radical (unpaired) electrons. The van der Waals surface area contributed by atoms with Crippen LogP contribution in [0.5, 0.6) is 0 Å². The van der Waals surface area contributed by atoms with E-state index >= 15 is 0 Å². The third-order valence-electron chi connectivity index (χ3n) is 4.39. The van der Waals surface area contributed by atoms with Crippen LogP contribution >= 0.6 is 0 Å². The minimum absolute atomic E-state index is 0.0677. The summed E-state index contributed by atoms with van der Waals surface area (Å²) >= 11 is 0. The maximum Gasteiger partial charge on any atom is 0.255 e. The summed E-state index contributed by atoms with van der Waals surface area (Å²) < 4.78 is 0. The Balaban J connectivity index is 1.80. The fraction of sp³-hybridized carbons (Fsp3) is 0.412. The van der Waals surface area contributed by atoms with Gasteiger partial charge in [0.15, 0.2) is 5.65 Å². The number of anilines is 1. The number of amides is 2. The number of nitrogens with one attached hydrogen (secondary N) is 3. The minimum Gasteiger partial charge on any atom is -0.364 e. The number of likely N-dealkylation sites (tertiary alicyclic amines) is 1. The molecule has 3 heterocycles. The van der Waals surface area contributed by atoms with E-state index in [9.17, 15) is 9.59 Å². The molecule has 3 N–H and O–H groups in total. The second-order valence-corrected chi connectivity index (χ2v) is 6.19. The molecule has 0 saturated carbocycles. The minimum atomic E-state index is -0.183. The van der Waals surface area contributed by atoms with Crippen molar-refractivity contribution in [2.24, 2.45) is 5.92 Å². The lowest BCUT2D eigenvalue weighted by molar-refractivity contribution is -0.125. The lowest BCUT2D eigenvalue weighted by atomic mass is 10.1. The van der Waals surface area contributed by atoms with Crippen molar-refractivity contribution in [2.75, 3.05) is 25.0 Å². The molecular formula is C17H22N6O2. The second-order valence-electron chi connectivity index (χ2n) is 6.19. The Hall–Kier alpha value is -2.90. The Morgan fingerprint density at radius 1 is 1.48 bits per heavy atom. The molecule has 8 heteroatoms. The fourth-order valence-corrected chi connectivity index (χ4v) is 3.04. The van der Waals surface area contributed by atoms with Crippen LogP contribution in [0.2, 0.25) is 0 Å². The van der Waals surface area contributed by atoms with Gasteiger partial charge in [-0.15, -0.1) is 0 Å². The second kappa shape index (κ2) is 6.92.